The van der Waals surface area contributed by atoms with Crippen molar-refractivity contribution in [3.8, 4) is 5.75 Å². The zero-order chi connectivity index (χ0) is 22.0. The molecule has 0 saturated carbocycles. The highest BCUT2D eigenvalue weighted by molar-refractivity contribution is 7.98. The van der Waals surface area contributed by atoms with Gasteiger partial charge in [0.15, 0.2) is 5.16 Å². The zero-order valence-electron chi connectivity index (χ0n) is 17.1. The van der Waals surface area contributed by atoms with Crippen molar-refractivity contribution in [2.75, 3.05) is 5.32 Å². The molecule has 31 heavy (non-hydrogen) atoms. The van der Waals surface area contributed by atoms with Gasteiger partial charge in [0.05, 0.1) is 11.7 Å². The van der Waals surface area contributed by atoms with Gasteiger partial charge >= 0.3 is 0 Å². The van der Waals surface area contributed by atoms with Crippen LogP contribution in [-0.2, 0) is 10.5 Å². The number of aromatic nitrogens is 2. The third kappa shape index (κ3) is 4.94. The Morgan fingerprint density at radius 3 is 2.65 bits per heavy atom. The van der Waals surface area contributed by atoms with Crippen molar-refractivity contribution in [3.63, 3.8) is 0 Å². The Kier molecular flexibility index (Phi) is 6.34. The van der Waals surface area contributed by atoms with Gasteiger partial charge in [0, 0.05) is 28.7 Å². The SMILES string of the molecule is CC(C)Oc1ccccc1[C@@H]1CC(=O)Nc2nc(SCc3ccc(Cl)cc3)[nH]c(=O)c21. The lowest BCUT2D eigenvalue weighted by Crippen LogP contribution is -2.31. The Bertz CT molecular complexity index is 1160. The van der Waals surface area contributed by atoms with Crippen LogP contribution in [0.2, 0.25) is 5.02 Å². The number of para-hydroxylation sites is 1. The van der Waals surface area contributed by atoms with Crippen LogP contribution in [-0.4, -0.2) is 22.0 Å². The lowest BCUT2D eigenvalue weighted by Gasteiger charge is -2.26. The molecule has 1 amide bonds. The largest absolute Gasteiger partial charge is 0.491 e. The number of halogens is 1. The summed E-state index contributed by atoms with van der Waals surface area (Å²) in [5.74, 6) is 0.988. The molecule has 2 N–H and O–H groups in total. The highest BCUT2D eigenvalue weighted by Crippen LogP contribution is 2.39. The average Bonchev–Trinajstić information content (AvgIpc) is 2.72. The number of nitrogens with zero attached hydrogens (tertiary/aromatic N) is 1. The summed E-state index contributed by atoms with van der Waals surface area (Å²) in [6.07, 6.45) is 0.133. The van der Waals surface area contributed by atoms with Gasteiger partial charge in [-0.25, -0.2) is 4.98 Å². The Morgan fingerprint density at radius 1 is 1.16 bits per heavy atom. The summed E-state index contributed by atoms with van der Waals surface area (Å²) in [5.41, 5.74) is 2.06. The van der Waals surface area contributed by atoms with Gasteiger partial charge in [0.1, 0.15) is 11.6 Å². The molecular formula is C23H22ClN3O3S. The molecular weight excluding hydrogens is 434 g/mol. The minimum atomic E-state index is -0.426. The maximum Gasteiger partial charge on any atom is 0.257 e. The number of benzene rings is 2. The number of fused-ring (bicyclic) bond motifs is 1. The summed E-state index contributed by atoms with van der Waals surface area (Å²) in [4.78, 5) is 32.9. The van der Waals surface area contributed by atoms with E-state index in [4.69, 9.17) is 16.3 Å². The van der Waals surface area contributed by atoms with Gasteiger partial charge in [-0.2, -0.15) is 0 Å². The maximum absolute atomic E-state index is 13.0. The van der Waals surface area contributed by atoms with E-state index in [9.17, 15) is 9.59 Å². The number of anilines is 1. The van der Waals surface area contributed by atoms with Crippen molar-refractivity contribution in [2.45, 2.75) is 43.2 Å². The fraction of sp³-hybridized carbons (Fsp3) is 0.261. The first-order chi connectivity index (χ1) is 14.9. The van der Waals surface area contributed by atoms with Gasteiger partial charge in [0.2, 0.25) is 5.91 Å². The normalized spacial score (nSPS) is 15.5. The second-order valence-electron chi connectivity index (χ2n) is 7.56. The summed E-state index contributed by atoms with van der Waals surface area (Å²) in [7, 11) is 0. The van der Waals surface area contributed by atoms with Gasteiger partial charge in [-0.15, -0.1) is 0 Å². The number of hydrogen-bond donors (Lipinski definition) is 2. The van der Waals surface area contributed by atoms with Crippen LogP contribution < -0.4 is 15.6 Å². The topological polar surface area (TPSA) is 84.1 Å². The molecule has 160 valence electrons. The molecule has 2 heterocycles. The summed E-state index contributed by atoms with van der Waals surface area (Å²) < 4.78 is 5.93. The second kappa shape index (κ2) is 9.16. The average molecular weight is 456 g/mol. The molecule has 1 aliphatic rings. The van der Waals surface area contributed by atoms with Crippen molar-refractivity contribution < 1.29 is 9.53 Å². The summed E-state index contributed by atoms with van der Waals surface area (Å²) in [5, 5.41) is 3.89. The van der Waals surface area contributed by atoms with Gasteiger partial charge in [0.25, 0.3) is 5.56 Å². The lowest BCUT2D eigenvalue weighted by molar-refractivity contribution is -0.116. The molecule has 0 aliphatic carbocycles. The van der Waals surface area contributed by atoms with Crippen LogP contribution in [0.25, 0.3) is 0 Å². The van der Waals surface area contributed by atoms with Crippen LogP contribution in [0.5, 0.6) is 5.75 Å². The van der Waals surface area contributed by atoms with E-state index >= 15 is 0 Å². The van der Waals surface area contributed by atoms with Crippen molar-refractivity contribution in [1.82, 2.24) is 9.97 Å². The van der Waals surface area contributed by atoms with Crippen LogP contribution in [0.4, 0.5) is 5.82 Å². The van der Waals surface area contributed by atoms with E-state index in [-0.39, 0.29) is 24.0 Å². The van der Waals surface area contributed by atoms with Gasteiger partial charge in [-0.05, 0) is 37.6 Å². The summed E-state index contributed by atoms with van der Waals surface area (Å²) in [6, 6.07) is 15.0. The van der Waals surface area contributed by atoms with E-state index in [1.165, 1.54) is 11.8 Å². The molecule has 1 aliphatic heterocycles. The van der Waals surface area contributed by atoms with Crippen LogP contribution in [0.15, 0.2) is 58.5 Å². The van der Waals surface area contributed by atoms with Crippen LogP contribution in [0.1, 0.15) is 42.9 Å². The quantitative estimate of drug-likeness (QED) is 0.404. The second-order valence-corrected chi connectivity index (χ2v) is 8.96. The van der Waals surface area contributed by atoms with E-state index in [1.54, 1.807) is 0 Å². The molecule has 1 aromatic heterocycles. The van der Waals surface area contributed by atoms with Gasteiger partial charge in [-0.1, -0.05) is 53.7 Å². The van der Waals surface area contributed by atoms with E-state index < -0.39 is 5.92 Å². The van der Waals surface area contributed by atoms with E-state index in [0.717, 1.165) is 11.1 Å². The van der Waals surface area contributed by atoms with E-state index in [1.807, 2.05) is 62.4 Å². The number of aromatic amines is 1. The standard InChI is InChI=1S/C23H22ClN3O3S/c1-13(2)30-18-6-4-3-5-16(18)17-11-19(28)25-21-20(17)22(29)27-23(26-21)31-12-14-7-9-15(24)10-8-14/h3-10,13,17H,11-12H2,1-2H3,(H2,25,26,27,28,29)/t17-/m0/s1. The number of hydrogen-bond acceptors (Lipinski definition) is 5. The summed E-state index contributed by atoms with van der Waals surface area (Å²) >= 11 is 7.32. The Labute approximate surface area is 189 Å². The number of carbonyl (C=O) groups excluding carboxylic acids is 1. The molecule has 2 aromatic carbocycles. The van der Waals surface area contributed by atoms with E-state index in [2.05, 4.69) is 15.3 Å². The molecule has 0 saturated heterocycles. The molecule has 0 spiro atoms. The smallest absolute Gasteiger partial charge is 0.257 e. The van der Waals surface area contributed by atoms with Crippen molar-refractivity contribution >= 4 is 35.1 Å². The number of rotatable bonds is 6. The third-order valence-corrected chi connectivity index (χ3v) is 6.07. The number of H-pyrrole nitrogens is 1. The van der Waals surface area contributed by atoms with Crippen molar-refractivity contribution in [2.24, 2.45) is 0 Å². The predicted octanol–water partition coefficient (Wildman–Crippen LogP) is 4.98. The number of thioether (sulfide) groups is 1. The molecule has 0 radical (unpaired) electrons. The fourth-order valence-electron chi connectivity index (χ4n) is 3.55. The fourth-order valence-corrected chi connectivity index (χ4v) is 4.49. The number of amides is 1. The number of carbonyl (C=O) groups is 1. The Balaban J connectivity index is 1.66. The molecule has 0 fully saturated rings. The minimum Gasteiger partial charge on any atom is -0.491 e. The summed E-state index contributed by atoms with van der Waals surface area (Å²) in [6.45, 7) is 3.88. The predicted molar refractivity (Wildman–Crippen MR) is 123 cm³/mol. The highest BCUT2D eigenvalue weighted by atomic mass is 35.5. The molecule has 3 aromatic rings. The maximum atomic E-state index is 13.0. The van der Waals surface area contributed by atoms with Crippen molar-refractivity contribution in [1.29, 1.82) is 0 Å². The van der Waals surface area contributed by atoms with Crippen molar-refractivity contribution in [3.05, 3.63) is 80.6 Å². The number of nitrogens with one attached hydrogen (secondary N) is 2. The molecule has 0 bridgehead atoms. The van der Waals surface area contributed by atoms with Crippen LogP contribution >= 0.6 is 23.4 Å². The first kappa shape index (κ1) is 21.5. The lowest BCUT2D eigenvalue weighted by atomic mass is 9.86. The molecule has 8 heteroatoms. The first-order valence-corrected chi connectivity index (χ1v) is 11.3. The van der Waals surface area contributed by atoms with Gasteiger partial charge in [-0.3, -0.25) is 9.59 Å². The number of ether oxygens (including phenoxy) is 1. The molecule has 6 nitrogen and oxygen atoms in total. The minimum absolute atomic E-state index is 0.0268. The monoisotopic (exact) mass is 455 g/mol. The van der Waals surface area contributed by atoms with Crippen LogP contribution in [0.3, 0.4) is 0 Å². The Hall–Kier alpha value is -2.77. The molecule has 4 rings (SSSR count). The first-order valence-electron chi connectivity index (χ1n) is 9.97. The molecule has 0 unspecified atom stereocenters. The molecule has 1 atom stereocenters. The van der Waals surface area contributed by atoms with Gasteiger partial charge < -0.3 is 15.0 Å². The van der Waals surface area contributed by atoms with Crippen LogP contribution in [0, 0.1) is 0 Å². The third-order valence-electron chi connectivity index (χ3n) is 4.88. The highest BCUT2D eigenvalue weighted by Gasteiger charge is 2.32. The Morgan fingerprint density at radius 2 is 1.90 bits per heavy atom. The van der Waals surface area contributed by atoms with E-state index in [0.29, 0.717) is 33.1 Å². The zero-order valence-corrected chi connectivity index (χ0v) is 18.7.